The quantitative estimate of drug-likeness (QED) is 0.634. The Morgan fingerprint density at radius 2 is 1.80 bits per heavy atom. The van der Waals surface area contributed by atoms with Crippen LogP contribution in [0.3, 0.4) is 0 Å². The molecule has 0 radical (unpaired) electrons. The minimum atomic E-state index is -0.510. The molecule has 0 saturated carbocycles. The molecule has 0 saturated heterocycles. The summed E-state index contributed by atoms with van der Waals surface area (Å²) in [5.41, 5.74) is 0.663. The summed E-state index contributed by atoms with van der Waals surface area (Å²) in [6.45, 7) is 0. The first kappa shape index (κ1) is 13.1. The van der Waals surface area contributed by atoms with E-state index in [1.807, 2.05) is 18.2 Å². The van der Waals surface area contributed by atoms with Crippen LogP contribution in [0.2, 0.25) is 10.3 Å². The lowest BCUT2D eigenvalue weighted by molar-refractivity contribution is 0.466. The van der Waals surface area contributed by atoms with Crippen LogP contribution in [0, 0.1) is 5.82 Å². The molecular formula is C14H7Cl2FN2O. The van der Waals surface area contributed by atoms with Gasteiger partial charge in [-0.1, -0.05) is 23.7 Å². The third kappa shape index (κ3) is 2.53. The van der Waals surface area contributed by atoms with Gasteiger partial charge in [0.05, 0.1) is 15.9 Å². The SMILES string of the molecule is Fc1ccc(Oc2nc(Cl)nc3ccccc23)cc1Cl. The molecule has 0 aliphatic carbocycles. The Balaban J connectivity index is 2.07. The molecule has 0 spiro atoms. The Hall–Kier alpha value is -1.91. The van der Waals surface area contributed by atoms with E-state index in [-0.39, 0.29) is 10.3 Å². The molecule has 20 heavy (non-hydrogen) atoms. The highest BCUT2D eigenvalue weighted by molar-refractivity contribution is 6.30. The molecular weight excluding hydrogens is 302 g/mol. The molecule has 0 aliphatic heterocycles. The van der Waals surface area contributed by atoms with E-state index in [2.05, 4.69) is 9.97 Å². The monoisotopic (exact) mass is 308 g/mol. The van der Waals surface area contributed by atoms with Crippen molar-refractivity contribution in [2.24, 2.45) is 0 Å². The van der Waals surface area contributed by atoms with Crippen molar-refractivity contribution in [3.63, 3.8) is 0 Å². The molecule has 0 N–H and O–H groups in total. The summed E-state index contributed by atoms with van der Waals surface area (Å²) in [5, 5.41) is 0.760. The standard InChI is InChI=1S/C14H7Cl2FN2O/c15-10-7-8(5-6-11(10)17)20-13-9-3-1-2-4-12(9)18-14(16)19-13/h1-7H. The third-order valence-electron chi connectivity index (χ3n) is 2.65. The minimum Gasteiger partial charge on any atom is -0.438 e. The highest BCUT2D eigenvalue weighted by Crippen LogP contribution is 2.30. The average molecular weight is 309 g/mol. The first-order chi connectivity index (χ1) is 9.63. The van der Waals surface area contributed by atoms with Crippen molar-refractivity contribution in [3.05, 3.63) is 58.6 Å². The summed E-state index contributed by atoms with van der Waals surface area (Å²) >= 11 is 11.6. The number of hydrogen-bond acceptors (Lipinski definition) is 3. The second-order valence-electron chi connectivity index (χ2n) is 3.99. The molecule has 100 valence electrons. The number of ether oxygens (including phenoxy) is 1. The van der Waals surface area contributed by atoms with Gasteiger partial charge in [-0.05, 0) is 35.9 Å². The number of halogens is 3. The molecule has 0 unspecified atom stereocenters. The predicted octanol–water partition coefficient (Wildman–Crippen LogP) is 4.87. The van der Waals surface area contributed by atoms with E-state index in [0.29, 0.717) is 22.5 Å². The van der Waals surface area contributed by atoms with Crippen molar-refractivity contribution < 1.29 is 9.13 Å². The summed E-state index contributed by atoms with van der Waals surface area (Å²) in [6, 6.07) is 11.4. The fourth-order valence-corrected chi connectivity index (χ4v) is 2.09. The average Bonchev–Trinajstić information content (AvgIpc) is 2.43. The van der Waals surface area contributed by atoms with Crippen molar-refractivity contribution >= 4 is 34.1 Å². The van der Waals surface area contributed by atoms with Crippen LogP contribution in [0.25, 0.3) is 10.9 Å². The Morgan fingerprint density at radius 1 is 1.00 bits per heavy atom. The fraction of sp³-hybridized carbons (Fsp3) is 0. The highest BCUT2D eigenvalue weighted by Gasteiger charge is 2.09. The molecule has 0 amide bonds. The fourth-order valence-electron chi connectivity index (χ4n) is 1.75. The van der Waals surface area contributed by atoms with Crippen molar-refractivity contribution in [2.75, 3.05) is 0 Å². The molecule has 0 bridgehead atoms. The Kier molecular flexibility index (Phi) is 3.42. The number of nitrogens with zero attached hydrogens (tertiary/aromatic N) is 2. The largest absolute Gasteiger partial charge is 0.438 e. The van der Waals surface area contributed by atoms with Gasteiger partial charge in [-0.2, -0.15) is 4.98 Å². The van der Waals surface area contributed by atoms with E-state index in [1.165, 1.54) is 18.2 Å². The molecule has 6 heteroatoms. The van der Waals surface area contributed by atoms with Crippen LogP contribution in [0.4, 0.5) is 4.39 Å². The van der Waals surface area contributed by atoms with Gasteiger partial charge in [0.15, 0.2) is 0 Å². The number of aromatic nitrogens is 2. The van der Waals surface area contributed by atoms with Gasteiger partial charge in [0.2, 0.25) is 11.2 Å². The van der Waals surface area contributed by atoms with Crippen LogP contribution in [-0.2, 0) is 0 Å². The van der Waals surface area contributed by atoms with E-state index < -0.39 is 5.82 Å². The summed E-state index contributed by atoms with van der Waals surface area (Å²) in [4.78, 5) is 8.14. The van der Waals surface area contributed by atoms with Crippen LogP contribution < -0.4 is 4.74 Å². The van der Waals surface area contributed by atoms with Crippen LogP contribution >= 0.6 is 23.2 Å². The van der Waals surface area contributed by atoms with Crippen molar-refractivity contribution in [3.8, 4) is 11.6 Å². The lowest BCUT2D eigenvalue weighted by Crippen LogP contribution is -1.93. The zero-order chi connectivity index (χ0) is 14.1. The van der Waals surface area contributed by atoms with Gasteiger partial charge in [0.25, 0.3) is 0 Å². The topological polar surface area (TPSA) is 35.0 Å². The molecule has 3 aromatic rings. The maximum absolute atomic E-state index is 13.1. The maximum atomic E-state index is 13.1. The molecule has 1 heterocycles. The summed E-state index contributed by atoms with van der Waals surface area (Å²) < 4.78 is 18.7. The van der Waals surface area contributed by atoms with E-state index >= 15 is 0 Å². The van der Waals surface area contributed by atoms with Crippen LogP contribution in [-0.4, -0.2) is 9.97 Å². The molecule has 0 atom stereocenters. The van der Waals surface area contributed by atoms with Gasteiger partial charge in [-0.15, -0.1) is 0 Å². The predicted molar refractivity (Wildman–Crippen MR) is 76.0 cm³/mol. The van der Waals surface area contributed by atoms with Crippen molar-refractivity contribution in [1.82, 2.24) is 9.97 Å². The Morgan fingerprint density at radius 3 is 2.60 bits per heavy atom. The second kappa shape index (κ2) is 5.23. The first-order valence-electron chi connectivity index (χ1n) is 5.69. The lowest BCUT2D eigenvalue weighted by Gasteiger charge is -2.08. The Bertz CT molecular complexity index is 795. The van der Waals surface area contributed by atoms with E-state index in [9.17, 15) is 4.39 Å². The lowest BCUT2D eigenvalue weighted by atomic mass is 10.2. The summed E-state index contributed by atoms with van der Waals surface area (Å²) in [6.07, 6.45) is 0. The molecule has 1 aromatic heterocycles. The van der Waals surface area contributed by atoms with E-state index in [1.54, 1.807) is 6.07 Å². The molecule has 0 aliphatic rings. The van der Waals surface area contributed by atoms with Gasteiger partial charge < -0.3 is 4.74 Å². The molecule has 0 fully saturated rings. The van der Waals surface area contributed by atoms with Gasteiger partial charge >= 0.3 is 0 Å². The first-order valence-corrected chi connectivity index (χ1v) is 6.44. The van der Waals surface area contributed by atoms with E-state index in [0.717, 1.165) is 0 Å². The third-order valence-corrected chi connectivity index (χ3v) is 3.11. The van der Waals surface area contributed by atoms with Gasteiger partial charge in [0.1, 0.15) is 11.6 Å². The Labute approximate surface area is 123 Å². The van der Waals surface area contributed by atoms with Crippen LogP contribution in [0.1, 0.15) is 0 Å². The second-order valence-corrected chi connectivity index (χ2v) is 4.74. The molecule has 3 nitrogen and oxygen atoms in total. The number of hydrogen-bond donors (Lipinski definition) is 0. The normalized spacial score (nSPS) is 10.8. The zero-order valence-electron chi connectivity index (χ0n) is 9.98. The zero-order valence-corrected chi connectivity index (χ0v) is 11.5. The number of para-hydroxylation sites is 1. The maximum Gasteiger partial charge on any atom is 0.231 e. The number of benzene rings is 2. The smallest absolute Gasteiger partial charge is 0.231 e. The van der Waals surface area contributed by atoms with Gasteiger partial charge in [-0.3, -0.25) is 0 Å². The van der Waals surface area contributed by atoms with Crippen molar-refractivity contribution in [1.29, 1.82) is 0 Å². The highest BCUT2D eigenvalue weighted by atomic mass is 35.5. The minimum absolute atomic E-state index is 0.0213. The van der Waals surface area contributed by atoms with E-state index in [4.69, 9.17) is 27.9 Å². The summed E-state index contributed by atoms with van der Waals surface area (Å²) in [7, 11) is 0. The van der Waals surface area contributed by atoms with Crippen LogP contribution in [0.5, 0.6) is 11.6 Å². The van der Waals surface area contributed by atoms with Gasteiger partial charge in [0, 0.05) is 6.07 Å². The molecule has 2 aromatic carbocycles. The summed E-state index contributed by atoms with van der Waals surface area (Å²) in [5.74, 6) is 0.157. The number of rotatable bonds is 2. The van der Waals surface area contributed by atoms with Crippen molar-refractivity contribution in [2.45, 2.75) is 0 Å². The molecule has 3 rings (SSSR count). The van der Waals surface area contributed by atoms with Gasteiger partial charge in [-0.25, -0.2) is 9.37 Å². The number of fused-ring (bicyclic) bond motifs is 1. The van der Waals surface area contributed by atoms with Crippen LogP contribution in [0.15, 0.2) is 42.5 Å².